The lowest BCUT2D eigenvalue weighted by Crippen LogP contribution is -2.21. The topological polar surface area (TPSA) is 91.8 Å². The summed E-state index contributed by atoms with van der Waals surface area (Å²) >= 11 is 0. The normalized spacial score (nSPS) is 19.6. The molecule has 2 aromatic heterocycles. The fourth-order valence-electron chi connectivity index (χ4n) is 2.91. The lowest BCUT2D eigenvalue weighted by Gasteiger charge is -2.15. The molecule has 7 nitrogen and oxygen atoms in total. The Bertz CT molecular complexity index is 771. The molecule has 118 valence electrons. The number of nitrogens with one attached hydrogen (secondary N) is 1. The van der Waals surface area contributed by atoms with Crippen molar-refractivity contribution in [2.75, 3.05) is 19.3 Å². The Labute approximate surface area is 129 Å². The summed E-state index contributed by atoms with van der Waals surface area (Å²) in [6, 6.07) is 1.92. The van der Waals surface area contributed by atoms with Crippen LogP contribution in [-0.2, 0) is 16.4 Å². The van der Waals surface area contributed by atoms with Crippen LogP contribution in [0, 0.1) is 6.92 Å². The minimum absolute atomic E-state index is 0.162. The van der Waals surface area contributed by atoms with E-state index in [-0.39, 0.29) is 5.92 Å². The molecule has 1 fully saturated rings. The van der Waals surface area contributed by atoms with Crippen molar-refractivity contribution in [3.63, 3.8) is 0 Å². The van der Waals surface area contributed by atoms with Gasteiger partial charge in [0, 0.05) is 31.5 Å². The van der Waals surface area contributed by atoms with Crippen molar-refractivity contribution in [1.29, 1.82) is 0 Å². The highest BCUT2D eigenvalue weighted by atomic mass is 32.2. The van der Waals surface area contributed by atoms with Crippen LogP contribution in [0.25, 0.3) is 0 Å². The Morgan fingerprint density at radius 3 is 3.00 bits per heavy atom. The zero-order chi connectivity index (χ0) is 15.7. The molecule has 1 N–H and O–H groups in total. The Balaban J connectivity index is 1.72. The number of aryl methyl sites for hydroxylation is 1. The van der Waals surface area contributed by atoms with Crippen LogP contribution in [0.2, 0.25) is 0 Å². The van der Waals surface area contributed by atoms with Gasteiger partial charge in [-0.15, -0.1) is 0 Å². The molecule has 0 bridgehead atoms. The molecule has 22 heavy (non-hydrogen) atoms. The maximum Gasteiger partial charge on any atom is 0.178 e. The number of hydrogen-bond donors (Lipinski definition) is 1. The molecule has 0 radical (unpaired) electrons. The van der Waals surface area contributed by atoms with Crippen LogP contribution in [0.15, 0.2) is 23.4 Å². The Kier molecular flexibility index (Phi) is 3.96. The monoisotopic (exact) mass is 321 g/mol. The number of H-pyrrole nitrogens is 1. The smallest absolute Gasteiger partial charge is 0.178 e. The predicted molar refractivity (Wildman–Crippen MR) is 81.1 cm³/mol. The van der Waals surface area contributed by atoms with Gasteiger partial charge in [-0.05, 0) is 26.0 Å². The van der Waals surface area contributed by atoms with Crippen molar-refractivity contribution < 1.29 is 8.42 Å². The second kappa shape index (κ2) is 5.77. The first kappa shape index (κ1) is 15.1. The van der Waals surface area contributed by atoms with Crippen molar-refractivity contribution >= 4 is 9.84 Å². The number of hydrogen-bond acceptors (Lipinski definition) is 6. The van der Waals surface area contributed by atoms with E-state index in [0.717, 1.165) is 43.3 Å². The summed E-state index contributed by atoms with van der Waals surface area (Å²) in [4.78, 5) is 11.1. The van der Waals surface area contributed by atoms with Crippen LogP contribution in [0.4, 0.5) is 0 Å². The van der Waals surface area contributed by atoms with Crippen LogP contribution in [0.5, 0.6) is 0 Å². The van der Waals surface area contributed by atoms with Gasteiger partial charge < -0.3 is 0 Å². The number of aromatic nitrogens is 4. The molecule has 0 amide bonds. The van der Waals surface area contributed by atoms with Gasteiger partial charge in [-0.2, -0.15) is 5.10 Å². The number of nitrogens with zero attached hydrogens (tertiary/aromatic N) is 4. The standard InChI is InChI=1S/C14H19N5O2S/c1-10-15-5-3-12(17-10)9-19-6-4-11(8-19)14-13(7-16-18-14)22(2,20)21/h3,5,7,11H,4,6,8-9H2,1-2H3,(H,16,18). The van der Waals surface area contributed by atoms with Crippen LogP contribution < -0.4 is 0 Å². The van der Waals surface area contributed by atoms with Gasteiger partial charge in [0.1, 0.15) is 10.7 Å². The molecule has 1 aliphatic rings. The Hall–Kier alpha value is -1.80. The average Bonchev–Trinajstić information content (AvgIpc) is 3.05. The lowest BCUT2D eigenvalue weighted by molar-refractivity contribution is 0.321. The highest BCUT2D eigenvalue weighted by molar-refractivity contribution is 7.90. The highest BCUT2D eigenvalue weighted by Gasteiger charge is 2.29. The molecule has 3 rings (SSSR count). The van der Waals surface area contributed by atoms with Crippen LogP contribution in [0.3, 0.4) is 0 Å². The van der Waals surface area contributed by atoms with Gasteiger partial charge in [0.05, 0.1) is 17.6 Å². The summed E-state index contributed by atoms with van der Waals surface area (Å²) in [5.74, 6) is 0.927. The molecule has 1 saturated heterocycles. The van der Waals surface area contributed by atoms with Crippen LogP contribution in [0.1, 0.15) is 29.6 Å². The summed E-state index contributed by atoms with van der Waals surface area (Å²) < 4.78 is 23.6. The Morgan fingerprint density at radius 2 is 2.27 bits per heavy atom. The van der Waals surface area contributed by atoms with Gasteiger partial charge in [-0.25, -0.2) is 18.4 Å². The number of aromatic amines is 1. The molecule has 0 aliphatic carbocycles. The van der Waals surface area contributed by atoms with Crippen molar-refractivity contribution in [3.8, 4) is 0 Å². The zero-order valence-corrected chi connectivity index (χ0v) is 13.5. The van der Waals surface area contributed by atoms with Gasteiger partial charge in [-0.3, -0.25) is 10.00 Å². The van der Waals surface area contributed by atoms with Gasteiger partial charge in [0.25, 0.3) is 0 Å². The summed E-state index contributed by atoms with van der Waals surface area (Å²) in [6.07, 6.45) is 5.30. The average molecular weight is 321 g/mol. The van der Waals surface area contributed by atoms with E-state index in [0.29, 0.717) is 4.90 Å². The van der Waals surface area contributed by atoms with E-state index in [1.165, 1.54) is 12.5 Å². The molecular weight excluding hydrogens is 302 g/mol. The molecule has 3 heterocycles. The molecular formula is C14H19N5O2S. The fourth-order valence-corrected chi connectivity index (χ4v) is 3.76. The first-order chi connectivity index (χ1) is 10.4. The van der Waals surface area contributed by atoms with Crippen molar-refractivity contribution in [3.05, 3.63) is 35.7 Å². The van der Waals surface area contributed by atoms with E-state index in [1.54, 1.807) is 6.20 Å². The SMILES string of the molecule is Cc1nccc(CN2CCC(c3[nH]ncc3S(C)(=O)=O)C2)n1. The van der Waals surface area contributed by atoms with E-state index < -0.39 is 9.84 Å². The molecule has 1 unspecified atom stereocenters. The van der Waals surface area contributed by atoms with Crippen molar-refractivity contribution in [1.82, 2.24) is 25.1 Å². The van der Waals surface area contributed by atoms with E-state index in [2.05, 4.69) is 25.1 Å². The van der Waals surface area contributed by atoms with Gasteiger partial charge in [0.15, 0.2) is 9.84 Å². The first-order valence-corrected chi connectivity index (χ1v) is 9.07. The van der Waals surface area contributed by atoms with Gasteiger partial charge in [-0.1, -0.05) is 0 Å². The maximum absolute atomic E-state index is 11.8. The molecule has 8 heteroatoms. The second-order valence-corrected chi connectivity index (χ2v) is 7.72. The highest BCUT2D eigenvalue weighted by Crippen LogP contribution is 2.30. The van der Waals surface area contributed by atoms with Crippen LogP contribution >= 0.6 is 0 Å². The predicted octanol–water partition coefficient (Wildman–Crippen LogP) is 0.901. The largest absolute Gasteiger partial charge is 0.297 e. The minimum Gasteiger partial charge on any atom is -0.297 e. The quantitative estimate of drug-likeness (QED) is 0.899. The van der Waals surface area contributed by atoms with E-state index in [9.17, 15) is 8.42 Å². The van der Waals surface area contributed by atoms with Gasteiger partial charge in [0.2, 0.25) is 0 Å². The third-order valence-corrected chi connectivity index (χ3v) is 5.06. The van der Waals surface area contributed by atoms with E-state index >= 15 is 0 Å². The second-order valence-electron chi connectivity index (χ2n) is 5.74. The summed E-state index contributed by atoms with van der Waals surface area (Å²) in [5, 5.41) is 6.78. The van der Waals surface area contributed by atoms with Gasteiger partial charge >= 0.3 is 0 Å². The van der Waals surface area contributed by atoms with E-state index in [1.807, 2.05) is 13.0 Å². The zero-order valence-electron chi connectivity index (χ0n) is 12.7. The minimum atomic E-state index is -3.24. The number of rotatable bonds is 4. The van der Waals surface area contributed by atoms with E-state index in [4.69, 9.17) is 0 Å². The number of sulfone groups is 1. The summed E-state index contributed by atoms with van der Waals surface area (Å²) in [7, 11) is -3.24. The fraction of sp³-hybridized carbons (Fsp3) is 0.500. The summed E-state index contributed by atoms with van der Waals surface area (Å²) in [5.41, 5.74) is 1.71. The van der Waals surface area contributed by atoms with Crippen LogP contribution in [-0.4, -0.2) is 52.8 Å². The molecule has 1 atom stereocenters. The first-order valence-electron chi connectivity index (χ1n) is 7.17. The van der Waals surface area contributed by atoms with Crippen molar-refractivity contribution in [2.45, 2.75) is 30.7 Å². The lowest BCUT2D eigenvalue weighted by atomic mass is 10.1. The Morgan fingerprint density at radius 1 is 1.45 bits per heavy atom. The molecule has 2 aromatic rings. The van der Waals surface area contributed by atoms with Crippen molar-refractivity contribution in [2.24, 2.45) is 0 Å². The molecule has 0 aromatic carbocycles. The molecule has 1 aliphatic heterocycles. The maximum atomic E-state index is 11.8. The molecule has 0 spiro atoms. The summed E-state index contributed by atoms with van der Waals surface area (Å²) in [6.45, 7) is 4.34. The third kappa shape index (κ3) is 3.17. The molecule has 0 saturated carbocycles. The number of likely N-dealkylation sites (tertiary alicyclic amines) is 1. The third-order valence-electron chi connectivity index (χ3n) is 3.93.